The molecule has 0 aliphatic heterocycles. The summed E-state index contributed by atoms with van der Waals surface area (Å²) in [5, 5.41) is 4.31. The molecule has 3 aromatic rings. The van der Waals surface area contributed by atoms with E-state index in [1.54, 1.807) is 17.6 Å². The topological polar surface area (TPSA) is 64.1 Å². The summed E-state index contributed by atoms with van der Waals surface area (Å²) in [6.45, 7) is 2.11. The van der Waals surface area contributed by atoms with Gasteiger partial charge in [0, 0.05) is 18.2 Å². The number of aromatic nitrogens is 1. The van der Waals surface area contributed by atoms with Gasteiger partial charge in [-0.05, 0) is 37.3 Å². The number of nitrogen functional groups attached to an aromatic ring is 1. The smallest absolute Gasteiger partial charge is 0.184 e. The number of nitrogens with two attached hydrogens (primary N) is 1. The Bertz CT molecular complexity index is 675. The first kappa shape index (κ1) is 12.0. The van der Waals surface area contributed by atoms with Gasteiger partial charge in [0.15, 0.2) is 5.13 Å². The minimum atomic E-state index is 0.268. The van der Waals surface area contributed by atoms with Gasteiger partial charge >= 0.3 is 0 Å². The van der Waals surface area contributed by atoms with Crippen LogP contribution in [0.15, 0.2) is 41.0 Å². The van der Waals surface area contributed by atoms with Crippen LogP contribution >= 0.6 is 11.3 Å². The zero-order chi connectivity index (χ0) is 13.2. The molecule has 2 aromatic heterocycles. The molecular formula is C14H15N3OS. The lowest BCUT2D eigenvalue weighted by molar-refractivity contribution is 0.498. The van der Waals surface area contributed by atoms with Crippen LogP contribution in [0.4, 0.5) is 10.8 Å². The number of thiazole rings is 1. The largest absolute Gasteiger partial charge is 0.469 e. The summed E-state index contributed by atoms with van der Waals surface area (Å²) in [7, 11) is 0. The zero-order valence-electron chi connectivity index (χ0n) is 10.6. The first-order valence-corrected chi connectivity index (χ1v) is 6.97. The Morgan fingerprint density at radius 1 is 1.42 bits per heavy atom. The molecule has 19 heavy (non-hydrogen) atoms. The third-order valence-corrected chi connectivity index (χ3v) is 3.82. The van der Waals surface area contributed by atoms with Gasteiger partial charge in [0.2, 0.25) is 0 Å². The van der Waals surface area contributed by atoms with Gasteiger partial charge in [-0.1, -0.05) is 11.3 Å². The molecule has 0 aliphatic rings. The van der Waals surface area contributed by atoms with Crippen LogP contribution in [-0.2, 0) is 6.42 Å². The predicted octanol–water partition coefficient (Wildman–Crippen LogP) is 3.51. The maximum Gasteiger partial charge on any atom is 0.184 e. The van der Waals surface area contributed by atoms with Gasteiger partial charge in [-0.2, -0.15) is 0 Å². The fourth-order valence-electron chi connectivity index (χ4n) is 2.00. The average Bonchev–Trinajstić information content (AvgIpc) is 2.97. The van der Waals surface area contributed by atoms with Gasteiger partial charge in [0.05, 0.1) is 16.5 Å². The summed E-state index contributed by atoms with van der Waals surface area (Å²) >= 11 is 1.62. The van der Waals surface area contributed by atoms with Crippen molar-refractivity contribution in [3.8, 4) is 0 Å². The van der Waals surface area contributed by atoms with E-state index in [1.165, 1.54) is 0 Å². The number of rotatable bonds is 4. The van der Waals surface area contributed by atoms with E-state index in [9.17, 15) is 0 Å². The van der Waals surface area contributed by atoms with Gasteiger partial charge in [0.25, 0.3) is 0 Å². The number of furan rings is 1. The van der Waals surface area contributed by atoms with Crippen LogP contribution in [-0.4, -0.2) is 11.0 Å². The summed E-state index contributed by atoms with van der Waals surface area (Å²) in [5.74, 6) is 0.977. The van der Waals surface area contributed by atoms with Gasteiger partial charge < -0.3 is 15.5 Å². The molecule has 1 aromatic carbocycles. The van der Waals surface area contributed by atoms with Crippen LogP contribution in [0.1, 0.15) is 12.7 Å². The number of nitrogens with one attached hydrogen (secondary N) is 1. The number of benzene rings is 1. The van der Waals surface area contributed by atoms with E-state index in [4.69, 9.17) is 10.2 Å². The van der Waals surface area contributed by atoms with Crippen molar-refractivity contribution in [1.82, 2.24) is 4.98 Å². The van der Waals surface area contributed by atoms with Crippen molar-refractivity contribution < 1.29 is 4.42 Å². The fourth-order valence-corrected chi connectivity index (χ4v) is 3.02. The van der Waals surface area contributed by atoms with E-state index >= 15 is 0 Å². The third-order valence-electron chi connectivity index (χ3n) is 2.87. The van der Waals surface area contributed by atoms with Gasteiger partial charge in [0.1, 0.15) is 5.76 Å². The fraction of sp³-hybridized carbons (Fsp3) is 0.214. The van der Waals surface area contributed by atoms with Crippen molar-refractivity contribution in [2.45, 2.75) is 19.4 Å². The Kier molecular flexibility index (Phi) is 3.13. The minimum absolute atomic E-state index is 0.268. The van der Waals surface area contributed by atoms with E-state index < -0.39 is 0 Å². The van der Waals surface area contributed by atoms with E-state index in [1.807, 2.05) is 30.3 Å². The van der Waals surface area contributed by atoms with Crippen molar-refractivity contribution in [2.75, 3.05) is 11.1 Å². The van der Waals surface area contributed by atoms with Crippen molar-refractivity contribution >= 4 is 32.4 Å². The van der Waals surface area contributed by atoms with Gasteiger partial charge in [-0.15, -0.1) is 0 Å². The molecule has 0 saturated heterocycles. The monoisotopic (exact) mass is 273 g/mol. The maximum absolute atomic E-state index is 5.77. The van der Waals surface area contributed by atoms with Crippen LogP contribution in [0.3, 0.4) is 0 Å². The van der Waals surface area contributed by atoms with Crippen molar-refractivity contribution in [3.05, 3.63) is 42.4 Å². The van der Waals surface area contributed by atoms with Gasteiger partial charge in [-0.3, -0.25) is 0 Å². The number of hydrogen-bond donors (Lipinski definition) is 2. The molecule has 0 bridgehead atoms. The van der Waals surface area contributed by atoms with Crippen LogP contribution in [0.5, 0.6) is 0 Å². The molecule has 98 valence electrons. The molecule has 0 amide bonds. The van der Waals surface area contributed by atoms with E-state index in [-0.39, 0.29) is 6.04 Å². The van der Waals surface area contributed by atoms with Crippen LogP contribution in [0.25, 0.3) is 10.2 Å². The molecule has 4 nitrogen and oxygen atoms in total. The molecule has 0 aliphatic carbocycles. The summed E-state index contributed by atoms with van der Waals surface area (Å²) in [6.07, 6.45) is 2.54. The molecule has 1 unspecified atom stereocenters. The zero-order valence-corrected chi connectivity index (χ0v) is 11.4. The highest BCUT2D eigenvalue weighted by molar-refractivity contribution is 7.22. The van der Waals surface area contributed by atoms with E-state index in [0.29, 0.717) is 0 Å². The highest BCUT2D eigenvalue weighted by Crippen LogP contribution is 2.28. The van der Waals surface area contributed by atoms with Crippen molar-refractivity contribution in [2.24, 2.45) is 0 Å². The highest BCUT2D eigenvalue weighted by atomic mass is 32.1. The molecule has 1 atom stereocenters. The molecule has 5 heteroatoms. The lowest BCUT2D eigenvalue weighted by atomic mass is 10.2. The number of anilines is 2. The predicted molar refractivity (Wildman–Crippen MR) is 79.5 cm³/mol. The standard InChI is InChI=1S/C14H15N3OS/c1-9(7-11-3-2-6-18-11)16-14-17-12-5-4-10(15)8-13(12)19-14/h2-6,8-9H,7,15H2,1H3,(H,16,17). The molecule has 3 rings (SSSR count). The Labute approximate surface area is 115 Å². The first-order valence-electron chi connectivity index (χ1n) is 6.16. The van der Waals surface area contributed by atoms with Crippen molar-refractivity contribution in [3.63, 3.8) is 0 Å². The third kappa shape index (κ3) is 2.71. The Morgan fingerprint density at radius 2 is 2.32 bits per heavy atom. The average molecular weight is 273 g/mol. The molecule has 0 radical (unpaired) electrons. The quantitative estimate of drug-likeness (QED) is 0.714. The molecular weight excluding hydrogens is 258 g/mol. The SMILES string of the molecule is CC(Cc1ccco1)Nc1nc2ccc(N)cc2s1. The molecule has 2 heterocycles. The van der Waals surface area contributed by atoms with Gasteiger partial charge in [-0.25, -0.2) is 4.98 Å². The molecule has 0 fully saturated rings. The number of hydrogen-bond acceptors (Lipinski definition) is 5. The van der Waals surface area contributed by atoms with Crippen LogP contribution in [0, 0.1) is 0 Å². The second-order valence-corrected chi connectivity index (χ2v) is 5.61. The Morgan fingerprint density at radius 3 is 3.11 bits per heavy atom. The Hall–Kier alpha value is -2.01. The number of nitrogens with zero attached hydrogens (tertiary/aromatic N) is 1. The number of fused-ring (bicyclic) bond motifs is 1. The van der Waals surface area contributed by atoms with E-state index in [0.717, 1.165) is 33.2 Å². The summed E-state index contributed by atoms with van der Waals surface area (Å²) < 4.78 is 6.45. The molecule has 0 saturated carbocycles. The Balaban J connectivity index is 1.74. The first-order chi connectivity index (χ1) is 9.20. The van der Waals surface area contributed by atoms with Crippen molar-refractivity contribution in [1.29, 1.82) is 0 Å². The summed E-state index contributed by atoms with van der Waals surface area (Å²) in [5.41, 5.74) is 7.52. The summed E-state index contributed by atoms with van der Waals surface area (Å²) in [4.78, 5) is 4.54. The van der Waals surface area contributed by atoms with Crippen LogP contribution in [0.2, 0.25) is 0 Å². The second-order valence-electron chi connectivity index (χ2n) is 4.58. The minimum Gasteiger partial charge on any atom is -0.469 e. The lowest BCUT2D eigenvalue weighted by Crippen LogP contribution is -2.17. The lowest BCUT2D eigenvalue weighted by Gasteiger charge is -2.10. The molecule has 3 N–H and O–H groups in total. The van der Waals surface area contributed by atoms with E-state index in [2.05, 4.69) is 17.2 Å². The highest BCUT2D eigenvalue weighted by Gasteiger charge is 2.09. The van der Waals surface area contributed by atoms with Crippen LogP contribution < -0.4 is 11.1 Å². The normalized spacial score (nSPS) is 12.7. The summed E-state index contributed by atoms with van der Waals surface area (Å²) in [6, 6.07) is 9.93. The maximum atomic E-state index is 5.77. The molecule has 0 spiro atoms. The second kappa shape index (κ2) is 4.93.